The SMILES string of the molecule is Cc1c(-c2ccccc2)oc2c(C(=O)NCNC34CC3CN(Cc3ccccc3)C4)cccc2c1=O. The van der Waals surface area contributed by atoms with E-state index in [0.717, 1.165) is 31.6 Å². The number of carbonyl (C=O) groups is 1. The molecule has 182 valence electrons. The van der Waals surface area contributed by atoms with Crippen LogP contribution in [0.15, 0.2) is 88.1 Å². The van der Waals surface area contributed by atoms with Crippen molar-refractivity contribution in [2.75, 3.05) is 19.8 Å². The van der Waals surface area contributed by atoms with Gasteiger partial charge in [0.25, 0.3) is 5.91 Å². The van der Waals surface area contributed by atoms with E-state index >= 15 is 0 Å². The smallest absolute Gasteiger partial charge is 0.256 e. The van der Waals surface area contributed by atoms with Crippen molar-refractivity contribution in [1.29, 1.82) is 0 Å². The Kier molecular flexibility index (Phi) is 5.70. The van der Waals surface area contributed by atoms with Crippen LogP contribution < -0.4 is 16.1 Å². The number of fused-ring (bicyclic) bond motifs is 2. The molecule has 36 heavy (non-hydrogen) atoms. The molecule has 1 saturated carbocycles. The molecule has 2 fully saturated rings. The van der Waals surface area contributed by atoms with Gasteiger partial charge < -0.3 is 9.73 Å². The third kappa shape index (κ3) is 4.12. The Bertz CT molecular complexity index is 1480. The van der Waals surface area contributed by atoms with E-state index in [0.29, 0.717) is 40.4 Å². The van der Waals surface area contributed by atoms with Gasteiger partial charge in [0, 0.05) is 36.3 Å². The van der Waals surface area contributed by atoms with Crippen molar-refractivity contribution in [1.82, 2.24) is 15.5 Å². The summed E-state index contributed by atoms with van der Waals surface area (Å²) in [6.45, 7) is 5.13. The molecule has 1 saturated heterocycles. The number of nitrogens with zero attached hydrogens (tertiary/aromatic N) is 1. The molecule has 1 aromatic heterocycles. The molecule has 2 heterocycles. The maximum atomic E-state index is 13.2. The molecule has 0 radical (unpaired) electrons. The fraction of sp³-hybridized carbons (Fsp3) is 0.267. The minimum atomic E-state index is -0.258. The normalized spacial score (nSPS) is 20.9. The van der Waals surface area contributed by atoms with Gasteiger partial charge in [-0.2, -0.15) is 0 Å². The molecule has 2 aliphatic rings. The van der Waals surface area contributed by atoms with Gasteiger partial charge in [0.05, 0.1) is 17.6 Å². The Hall–Kier alpha value is -3.74. The molecule has 3 aromatic carbocycles. The minimum Gasteiger partial charge on any atom is -0.455 e. The van der Waals surface area contributed by atoms with E-state index in [1.165, 1.54) is 5.56 Å². The number of amides is 1. The molecule has 2 N–H and O–H groups in total. The van der Waals surface area contributed by atoms with Gasteiger partial charge in [0.15, 0.2) is 11.0 Å². The number of piperidine rings is 1. The van der Waals surface area contributed by atoms with E-state index in [9.17, 15) is 9.59 Å². The second kappa shape index (κ2) is 9.04. The van der Waals surface area contributed by atoms with Gasteiger partial charge in [-0.3, -0.25) is 19.8 Å². The second-order valence-electron chi connectivity index (χ2n) is 10.0. The molecule has 6 heteroatoms. The summed E-state index contributed by atoms with van der Waals surface area (Å²) in [6.07, 6.45) is 1.14. The highest BCUT2D eigenvalue weighted by atomic mass is 16.3. The lowest BCUT2D eigenvalue weighted by molar-refractivity contribution is 0.0948. The predicted molar refractivity (Wildman–Crippen MR) is 141 cm³/mol. The highest BCUT2D eigenvalue weighted by molar-refractivity contribution is 6.05. The van der Waals surface area contributed by atoms with Gasteiger partial charge in [-0.15, -0.1) is 0 Å². The van der Waals surface area contributed by atoms with Crippen molar-refractivity contribution >= 4 is 16.9 Å². The van der Waals surface area contributed by atoms with Crippen LogP contribution >= 0.6 is 0 Å². The zero-order valence-corrected chi connectivity index (χ0v) is 20.3. The van der Waals surface area contributed by atoms with Gasteiger partial charge in [-0.05, 0) is 37.0 Å². The summed E-state index contributed by atoms with van der Waals surface area (Å²) in [5.74, 6) is 0.854. The summed E-state index contributed by atoms with van der Waals surface area (Å²) in [5.41, 5.74) is 3.31. The first-order valence-corrected chi connectivity index (χ1v) is 12.5. The summed E-state index contributed by atoms with van der Waals surface area (Å²) in [5, 5.41) is 7.00. The average Bonchev–Trinajstić information content (AvgIpc) is 3.46. The largest absolute Gasteiger partial charge is 0.455 e. The van der Waals surface area contributed by atoms with Gasteiger partial charge in [-0.25, -0.2) is 0 Å². The number of nitrogens with one attached hydrogen (secondary N) is 2. The second-order valence-corrected chi connectivity index (χ2v) is 10.0. The molecular weight excluding hydrogens is 450 g/mol. The molecule has 6 nitrogen and oxygen atoms in total. The van der Waals surface area contributed by atoms with Gasteiger partial charge in [0.2, 0.25) is 0 Å². The van der Waals surface area contributed by atoms with Crippen molar-refractivity contribution in [3.63, 3.8) is 0 Å². The zero-order valence-electron chi connectivity index (χ0n) is 20.3. The lowest BCUT2D eigenvalue weighted by Gasteiger charge is -2.22. The first kappa shape index (κ1) is 22.7. The van der Waals surface area contributed by atoms with E-state index in [1.807, 2.05) is 36.4 Å². The van der Waals surface area contributed by atoms with Crippen LogP contribution in [0.4, 0.5) is 0 Å². The summed E-state index contributed by atoms with van der Waals surface area (Å²) in [6, 6.07) is 25.2. The summed E-state index contributed by atoms with van der Waals surface area (Å²) in [7, 11) is 0. The highest BCUT2D eigenvalue weighted by Gasteiger charge is 2.59. The Balaban J connectivity index is 1.16. The van der Waals surface area contributed by atoms with Crippen LogP contribution in [0.5, 0.6) is 0 Å². The molecule has 1 aliphatic heterocycles. The number of rotatable bonds is 7. The Morgan fingerprint density at radius 3 is 2.56 bits per heavy atom. The fourth-order valence-corrected chi connectivity index (χ4v) is 5.57. The molecule has 1 aliphatic carbocycles. The monoisotopic (exact) mass is 479 g/mol. The van der Waals surface area contributed by atoms with Crippen LogP contribution in [0.1, 0.15) is 27.9 Å². The van der Waals surface area contributed by atoms with Gasteiger partial charge in [0.1, 0.15) is 5.76 Å². The number of benzene rings is 3. The number of likely N-dealkylation sites (tertiary alicyclic amines) is 1. The van der Waals surface area contributed by atoms with Crippen molar-refractivity contribution in [2.24, 2.45) is 5.92 Å². The molecular formula is C30H29N3O3. The Morgan fingerprint density at radius 1 is 1.03 bits per heavy atom. The van der Waals surface area contributed by atoms with Crippen molar-refractivity contribution in [3.05, 3.63) is 106 Å². The molecule has 4 aromatic rings. The van der Waals surface area contributed by atoms with Gasteiger partial charge >= 0.3 is 0 Å². The first-order valence-electron chi connectivity index (χ1n) is 12.5. The average molecular weight is 480 g/mol. The third-order valence-corrected chi connectivity index (χ3v) is 7.58. The number of hydrogen-bond acceptors (Lipinski definition) is 5. The zero-order chi connectivity index (χ0) is 24.7. The summed E-state index contributed by atoms with van der Waals surface area (Å²) in [4.78, 5) is 28.7. The van der Waals surface area contributed by atoms with Crippen LogP contribution in [0, 0.1) is 12.8 Å². The molecule has 2 atom stereocenters. The number of hydrogen-bond donors (Lipinski definition) is 2. The van der Waals surface area contributed by atoms with Crippen molar-refractivity contribution < 1.29 is 9.21 Å². The quantitative estimate of drug-likeness (QED) is 0.386. The van der Waals surface area contributed by atoms with E-state index < -0.39 is 0 Å². The number of para-hydroxylation sites is 1. The van der Waals surface area contributed by atoms with Crippen molar-refractivity contribution in [3.8, 4) is 11.3 Å². The molecule has 0 spiro atoms. The van der Waals surface area contributed by atoms with Crippen LogP contribution in [-0.2, 0) is 6.54 Å². The Labute approximate surface area is 209 Å². The number of carbonyl (C=O) groups excluding carboxylic acids is 1. The van der Waals surface area contributed by atoms with E-state index in [4.69, 9.17) is 4.42 Å². The fourth-order valence-electron chi connectivity index (χ4n) is 5.57. The maximum absolute atomic E-state index is 13.2. The van der Waals surface area contributed by atoms with Crippen LogP contribution in [0.2, 0.25) is 0 Å². The third-order valence-electron chi connectivity index (χ3n) is 7.58. The molecule has 0 bridgehead atoms. The predicted octanol–water partition coefficient (Wildman–Crippen LogP) is 4.32. The lowest BCUT2D eigenvalue weighted by atomic mass is 10.0. The summed E-state index contributed by atoms with van der Waals surface area (Å²) >= 11 is 0. The van der Waals surface area contributed by atoms with E-state index in [1.54, 1.807) is 25.1 Å². The van der Waals surface area contributed by atoms with Gasteiger partial charge in [-0.1, -0.05) is 66.7 Å². The van der Waals surface area contributed by atoms with Crippen LogP contribution in [0.25, 0.3) is 22.3 Å². The topological polar surface area (TPSA) is 74.6 Å². The lowest BCUT2D eigenvalue weighted by Crippen LogP contribution is -2.44. The Morgan fingerprint density at radius 2 is 1.78 bits per heavy atom. The van der Waals surface area contributed by atoms with E-state index in [2.05, 4.69) is 39.8 Å². The van der Waals surface area contributed by atoms with Crippen molar-refractivity contribution in [2.45, 2.75) is 25.4 Å². The van der Waals surface area contributed by atoms with Crippen LogP contribution in [0.3, 0.4) is 0 Å². The molecule has 2 unspecified atom stereocenters. The van der Waals surface area contributed by atoms with Crippen LogP contribution in [-0.4, -0.2) is 36.1 Å². The molecule has 6 rings (SSSR count). The van der Waals surface area contributed by atoms with E-state index in [-0.39, 0.29) is 16.9 Å². The highest BCUT2D eigenvalue weighted by Crippen LogP contribution is 2.49. The minimum absolute atomic E-state index is 0.0744. The standard InChI is InChI=1S/C30H29N3O3/c1-20-26(34)24-13-8-14-25(28(24)36-27(20)22-11-6-3-7-12-22)29(35)31-19-32-30-15-23(30)17-33(18-30)16-21-9-4-2-5-10-21/h2-14,23,32H,15-19H2,1H3,(H,31,35). The summed E-state index contributed by atoms with van der Waals surface area (Å²) < 4.78 is 6.20. The molecule has 1 amide bonds. The first-order chi connectivity index (χ1) is 17.5. The maximum Gasteiger partial charge on any atom is 0.256 e.